The van der Waals surface area contributed by atoms with Crippen LogP contribution < -0.4 is 10.1 Å². The van der Waals surface area contributed by atoms with E-state index >= 15 is 0 Å². The van der Waals surface area contributed by atoms with Crippen molar-refractivity contribution in [3.63, 3.8) is 0 Å². The molecule has 1 aromatic carbocycles. The van der Waals surface area contributed by atoms with Crippen LogP contribution >= 0.6 is 0 Å². The molecule has 1 aromatic rings. The number of ether oxygens (including phenoxy) is 1. The molecule has 1 aliphatic carbocycles. The van der Waals surface area contributed by atoms with Gasteiger partial charge in [-0.05, 0) is 36.5 Å². The van der Waals surface area contributed by atoms with Crippen LogP contribution in [0.3, 0.4) is 0 Å². The number of halogens is 3. The number of alkyl halides is 3. The molecule has 1 aliphatic rings. The first-order chi connectivity index (χ1) is 11.3. The number of carbonyl (C=O) groups is 1. The molecule has 0 saturated heterocycles. The van der Waals surface area contributed by atoms with E-state index < -0.39 is 18.9 Å². The van der Waals surface area contributed by atoms with Crippen LogP contribution in [-0.4, -0.2) is 36.4 Å². The monoisotopic (exact) mass is 345 g/mol. The molecule has 2 rings (SSSR count). The average molecular weight is 345 g/mol. The Morgan fingerprint density at radius 2 is 2.04 bits per heavy atom. The van der Waals surface area contributed by atoms with Crippen molar-refractivity contribution in [3.8, 4) is 5.75 Å². The molecule has 7 heteroatoms. The number of benzene rings is 1. The molecule has 0 radical (unpaired) electrons. The molecule has 24 heavy (non-hydrogen) atoms. The van der Waals surface area contributed by atoms with E-state index in [9.17, 15) is 23.1 Å². The molecular formula is C17H22F3NO3. The molecule has 0 bridgehead atoms. The van der Waals surface area contributed by atoms with Gasteiger partial charge < -0.3 is 15.2 Å². The molecule has 0 heterocycles. The van der Waals surface area contributed by atoms with E-state index in [0.29, 0.717) is 5.56 Å². The van der Waals surface area contributed by atoms with Gasteiger partial charge in [-0.3, -0.25) is 4.79 Å². The van der Waals surface area contributed by atoms with E-state index in [0.717, 1.165) is 25.7 Å². The third-order valence-corrected chi connectivity index (χ3v) is 4.12. The summed E-state index contributed by atoms with van der Waals surface area (Å²) in [6.07, 6.45) is -0.728. The third kappa shape index (κ3) is 6.39. The van der Waals surface area contributed by atoms with Crippen LogP contribution in [0.15, 0.2) is 24.3 Å². The van der Waals surface area contributed by atoms with Crippen LogP contribution in [0.2, 0.25) is 0 Å². The highest BCUT2D eigenvalue weighted by Gasteiger charge is 2.28. The highest BCUT2D eigenvalue weighted by atomic mass is 19.4. The van der Waals surface area contributed by atoms with E-state index in [1.54, 1.807) is 12.1 Å². The molecule has 134 valence electrons. The molecule has 0 spiro atoms. The van der Waals surface area contributed by atoms with Crippen molar-refractivity contribution in [2.24, 2.45) is 5.92 Å². The summed E-state index contributed by atoms with van der Waals surface area (Å²) in [7, 11) is 0. The van der Waals surface area contributed by atoms with Gasteiger partial charge in [0.2, 0.25) is 5.91 Å². The van der Waals surface area contributed by atoms with Gasteiger partial charge in [0.25, 0.3) is 0 Å². The van der Waals surface area contributed by atoms with Gasteiger partial charge in [-0.15, -0.1) is 0 Å². The van der Waals surface area contributed by atoms with Crippen molar-refractivity contribution in [2.45, 2.75) is 44.4 Å². The van der Waals surface area contributed by atoms with Crippen LogP contribution in [0.25, 0.3) is 0 Å². The molecule has 1 amide bonds. The summed E-state index contributed by atoms with van der Waals surface area (Å²) in [5, 5.41) is 12.7. The zero-order chi connectivity index (χ0) is 17.6. The van der Waals surface area contributed by atoms with E-state index in [1.165, 1.54) is 12.1 Å². The first-order valence-corrected chi connectivity index (χ1v) is 8.07. The molecule has 4 nitrogen and oxygen atoms in total. The van der Waals surface area contributed by atoms with Crippen molar-refractivity contribution in [1.82, 2.24) is 5.32 Å². The summed E-state index contributed by atoms with van der Waals surface area (Å²) in [6, 6.07) is 6.02. The van der Waals surface area contributed by atoms with E-state index in [4.69, 9.17) is 0 Å². The van der Waals surface area contributed by atoms with Gasteiger partial charge in [-0.25, -0.2) is 0 Å². The minimum atomic E-state index is -4.40. The van der Waals surface area contributed by atoms with Gasteiger partial charge in [0.05, 0.1) is 12.5 Å². The van der Waals surface area contributed by atoms with Crippen LogP contribution in [0.1, 0.15) is 31.2 Å². The maximum absolute atomic E-state index is 12.1. The van der Waals surface area contributed by atoms with Gasteiger partial charge in [0.1, 0.15) is 5.75 Å². The Labute approximate surface area is 139 Å². The summed E-state index contributed by atoms with van der Waals surface area (Å²) >= 11 is 0. The first kappa shape index (κ1) is 18.6. The minimum Gasteiger partial charge on any atom is -0.484 e. The Morgan fingerprint density at radius 1 is 1.33 bits per heavy atom. The number of carbonyl (C=O) groups excluding carboxylic acids is 1. The molecule has 1 fully saturated rings. The Morgan fingerprint density at radius 3 is 2.71 bits per heavy atom. The Bertz CT molecular complexity index is 542. The topological polar surface area (TPSA) is 58.6 Å². The second-order valence-electron chi connectivity index (χ2n) is 6.14. The summed E-state index contributed by atoms with van der Waals surface area (Å²) < 4.78 is 41.1. The largest absolute Gasteiger partial charge is 0.484 e. The third-order valence-electron chi connectivity index (χ3n) is 4.12. The van der Waals surface area contributed by atoms with E-state index in [-0.39, 0.29) is 30.5 Å². The fraction of sp³-hybridized carbons (Fsp3) is 0.588. The van der Waals surface area contributed by atoms with Gasteiger partial charge in [-0.1, -0.05) is 25.0 Å². The van der Waals surface area contributed by atoms with E-state index in [2.05, 4.69) is 10.1 Å². The van der Waals surface area contributed by atoms with Crippen molar-refractivity contribution in [2.75, 3.05) is 13.2 Å². The molecule has 1 saturated carbocycles. The second-order valence-corrected chi connectivity index (χ2v) is 6.14. The number of rotatable bonds is 7. The highest BCUT2D eigenvalue weighted by molar-refractivity contribution is 5.78. The number of amides is 1. The molecule has 0 aliphatic heterocycles. The number of hydrogen-bond acceptors (Lipinski definition) is 3. The average Bonchev–Trinajstić information content (AvgIpc) is 3.05. The zero-order valence-electron chi connectivity index (χ0n) is 13.3. The van der Waals surface area contributed by atoms with Gasteiger partial charge in [-0.2, -0.15) is 13.2 Å². The Balaban J connectivity index is 1.78. The Kier molecular flexibility index (Phi) is 6.48. The summed E-state index contributed by atoms with van der Waals surface area (Å²) in [6.45, 7) is -1.16. The van der Waals surface area contributed by atoms with Crippen LogP contribution in [-0.2, 0) is 11.2 Å². The normalized spacial score (nSPS) is 16.8. The summed E-state index contributed by atoms with van der Waals surface area (Å²) in [5.41, 5.74) is 0.558. The number of nitrogens with one attached hydrogen (secondary N) is 1. The lowest BCUT2D eigenvalue weighted by atomic mass is 10.0. The quantitative estimate of drug-likeness (QED) is 0.799. The molecular weight excluding hydrogens is 323 g/mol. The SMILES string of the molecule is O=C(Cc1cccc(OCC(F)(F)F)c1)NCC(O)C1CCCC1. The van der Waals surface area contributed by atoms with Crippen LogP contribution in [0.4, 0.5) is 13.2 Å². The zero-order valence-corrected chi connectivity index (χ0v) is 13.3. The summed E-state index contributed by atoms with van der Waals surface area (Å²) in [5.74, 6) is 0.0352. The van der Waals surface area contributed by atoms with Crippen LogP contribution in [0, 0.1) is 5.92 Å². The van der Waals surface area contributed by atoms with Crippen molar-refractivity contribution in [1.29, 1.82) is 0 Å². The number of hydrogen-bond donors (Lipinski definition) is 2. The lowest BCUT2D eigenvalue weighted by Crippen LogP contribution is -2.36. The van der Waals surface area contributed by atoms with Crippen molar-refractivity contribution >= 4 is 5.91 Å². The van der Waals surface area contributed by atoms with Crippen LogP contribution in [0.5, 0.6) is 5.75 Å². The molecule has 1 unspecified atom stereocenters. The standard InChI is InChI=1S/C17H22F3NO3/c18-17(19,20)11-24-14-7-3-4-12(8-14)9-16(23)21-10-15(22)13-5-1-2-6-13/h3-4,7-8,13,15,22H,1-2,5-6,9-11H2,(H,21,23). The predicted molar refractivity (Wildman–Crippen MR) is 82.7 cm³/mol. The van der Waals surface area contributed by atoms with Gasteiger partial charge >= 0.3 is 6.18 Å². The Hall–Kier alpha value is -1.76. The van der Waals surface area contributed by atoms with E-state index in [1.807, 2.05) is 0 Å². The van der Waals surface area contributed by atoms with Crippen molar-refractivity contribution < 1.29 is 27.8 Å². The fourth-order valence-electron chi connectivity index (χ4n) is 2.89. The second kappa shape index (κ2) is 8.37. The molecule has 2 N–H and O–H groups in total. The first-order valence-electron chi connectivity index (χ1n) is 8.07. The molecule has 1 atom stereocenters. The lowest BCUT2D eigenvalue weighted by Gasteiger charge is -2.18. The number of aliphatic hydroxyl groups excluding tert-OH is 1. The highest BCUT2D eigenvalue weighted by Crippen LogP contribution is 2.27. The maximum atomic E-state index is 12.1. The lowest BCUT2D eigenvalue weighted by molar-refractivity contribution is -0.153. The van der Waals surface area contributed by atoms with Gasteiger partial charge in [0.15, 0.2) is 6.61 Å². The van der Waals surface area contributed by atoms with Crippen molar-refractivity contribution in [3.05, 3.63) is 29.8 Å². The van der Waals surface area contributed by atoms with Gasteiger partial charge in [0, 0.05) is 6.54 Å². The predicted octanol–water partition coefficient (Wildman–Crippen LogP) is 2.84. The summed E-state index contributed by atoms with van der Waals surface area (Å²) in [4.78, 5) is 11.9. The minimum absolute atomic E-state index is 0.0284. The molecule has 0 aromatic heterocycles. The number of aliphatic hydroxyl groups is 1. The maximum Gasteiger partial charge on any atom is 0.422 e. The smallest absolute Gasteiger partial charge is 0.422 e. The fourth-order valence-corrected chi connectivity index (χ4v) is 2.89.